The third-order valence-electron chi connectivity index (χ3n) is 4.65. The summed E-state index contributed by atoms with van der Waals surface area (Å²) in [5.74, 6) is -0.570. The Kier molecular flexibility index (Phi) is 7.12. The van der Waals surface area contributed by atoms with Crippen molar-refractivity contribution in [3.8, 4) is 5.75 Å². The third kappa shape index (κ3) is 5.74. The van der Waals surface area contributed by atoms with Crippen LogP contribution in [0.15, 0.2) is 12.1 Å². The lowest BCUT2D eigenvalue weighted by Gasteiger charge is -2.42. The number of nitro benzene ring substituents is 1. The van der Waals surface area contributed by atoms with Gasteiger partial charge in [0.05, 0.1) is 4.92 Å². The number of carbonyl (C=O) groups excluding carboxylic acids is 2. The van der Waals surface area contributed by atoms with Crippen LogP contribution < -0.4 is 15.8 Å². The topological polar surface area (TPSA) is 137 Å². The van der Waals surface area contributed by atoms with E-state index in [0.717, 1.165) is 12.5 Å². The number of nitrogens with two attached hydrogens (primary N) is 1. The number of benzene rings is 1. The lowest BCUT2D eigenvalue weighted by molar-refractivity contribution is -0.384. The molecule has 166 valence electrons. The van der Waals surface area contributed by atoms with Crippen LogP contribution in [-0.4, -0.2) is 53.2 Å². The number of likely N-dealkylation sites (tertiary alicyclic amines) is 1. The average Bonchev–Trinajstić information content (AvgIpc) is 2.56. The Labute approximate surface area is 175 Å². The van der Waals surface area contributed by atoms with E-state index in [-0.39, 0.29) is 40.8 Å². The predicted octanol–water partition coefficient (Wildman–Crippen LogP) is 3.15. The monoisotopic (exact) mass is 422 g/mol. The molecule has 0 aromatic heterocycles. The van der Waals surface area contributed by atoms with Crippen LogP contribution >= 0.6 is 0 Å². The van der Waals surface area contributed by atoms with Gasteiger partial charge >= 0.3 is 6.09 Å². The first-order valence-corrected chi connectivity index (χ1v) is 9.93. The van der Waals surface area contributed by atoms with E-state index < -0.39 is 16.4 Å². The molecule has 0 radical (unpaired) electrons. The molecule has 2 rings (SSSR count). The lowest BCUT2D eigenvalue weighted by atomic mass is 9.95. The van der Waals surface area contributed by atoms with Crippen molar-refractivity contribution in [2.24, 2.45) is 11.7 Å². The molecule has 1 unspecified atom stereocenters. The van der Waals surface area contributed by atoms with Gasteiger partial charge in [-0.3, -0.25) is 14.9 Å². The minimum absolute atomic E-state index is 0.00469. The summed E-state index contributed by atoms with van der Waals surface area (Å²) in [7, 11) is 0. The number of rotatable bonds is 8. The first-order valence-electron chi connectivity index (χ1n) is 9.93. The van der Waals surface area contributed by atoms with Crippen molar-refractivity contribution in [2.45, 2.75) is 52.7 Å². The van der Waals surface area contributed by atoms with Gasteiger partial charge < -0.3 is 25.4 Å². The van der Waals surface area contributed by atoms with Crippen molar-refractivity contribution in [3.63, 3.8) is 0 Å². The number of hydrogen-bond acceptors (Lipinski definition) is 7. The summed E-state index contributed by atoms with van der Waals surface area (Å²) in [5.41, 5.74) is 4.70. The number of nitrogens with zero attached hydrogens (tertiary/aromatic N) is 2. The molecule has 0 bridgehead atoms. The van der Waals surface area contributed by atoms with Crippen molar-refractivity contribution >= 4 is 23.4 Å². The number of carbonyl (C=O) groups is 2. The Morgan fingerprint density at radius 1 is 1.37 bits per heavy atom. The van der Waals surface area contributed by atoms with Crippen LogP contribution in [0, 0.1) is 16.0 Å². The van der Waals surface area contributed by atoms with Crippen molar-refractivity contribution < 1.29 is 24.0 Å². The number of anilines is 1. The molecule has 0 saturated carbocycles. The molecule has 0 aliphatic carbocycles. The SMILES string of the molecule is CCCNc1c(OC(C)C2CN(C(=O)OC(C)(C)C)C2)cc(C(N)=O)cc1[N+](=O)[O-]. The lowest BCUT2D eigenvalue weighted by Crippen LogP contribution is -2.55. The van der Waals surface area contributed by atoms with Gasteiger partial charge in [0, 0.05) is 37.2 Å². The van der Waals surface area contributed by atoms with Crippen LogP contribution in [0.5, 0.6) is 5.75 Å². The summed E-state index contributed by atoms with van der Waals surface area (Å²) in [4.78, 5) is 36.3. The number of nitrogens with one attached hydrogen (secondary N) is 1. The van der Waals surface area contributed by atoms with E-state index in [1.54, 1.807) is 25.7 Å². The average molecular weight is 422 g/mol. The molecule has 1 heterocycles. The second-order valence-electron chi connectivity index (χ2n) is 8.39. The maximum atomic E-state index is 12.1. The van der Waals surface area contributed by atoms with E-state index in [4.69, 9.17) is 15.2 Å². The van der Waals surface area contributed by atoms with Gasteiger partial charge in [0.25, 0.3) is 5.69 Å². The van der Waals surface area contributed by atoms with E-state index in [2.05, 4.69) is 5.32 Å². The fourth-order valence-electron chi connectivity index (χ4n) is 2.99. The van der Waals surface area contributed by atoms with Crippen LogP contribution in [0.4, 0.5) is 16.2 Å². The molecule has 1 fully saturated rings. The number of nitro groups is 1. The molecule has 10 heteroatoms. The quantitative estimate of drug-likeness (QED) is 0.485. The van der Waals surface area contributed by atoms with Crippen LogP contribution in [0.1, 0.15) is 51.4 Å². The molecule has 1 atom stereocenters. The van der Waals surface area contributed by atoms with Gasteiger partial charge in [-0.2, -0.15) is 0 Å². The molecule has 1 aliphatic rings. The molecular weight excluding hydrogens is 392 g/mol. The summed E-state index contributed by atoms with van der Waals surface area (Å²) in [6.45, 7) is 10.6. The zero-order valence-electron chi connectivity index (χ0n) is 18.1. The van der Waals surface area contributed by atoms with Crippen LogP contribution in [0.3, 0.4) is 0 Å². The third-order valence-corrected chi connectivity index (χ3v) is 4.65. The van der Waals surface area contributed by atoms with Crippen molar-refractivity contribution in [3.05, 3.63) is 27.8 Å². The fraction of sp³-hybridized carbons (Fsp3) is 0.600. The summed E-state index contributed by atoms with van der Waals surface area (Å²) >= 11 is 0. The first kappa shape index (κ1) is 23.2. The Morgan fingerprint density at radius 3 is 2.50 bits per heavy atom. The van der Waals surface area contributed by atoms with Crippen LogP contribution in [-0.2, 0) is 4.74 Å². The summed E-state index contributed by atoms with van der Waals surface area (Å²) < 4.78 is 11.3. The zero-order chi connectivity index (χ0) is 22.6. The fourth-order valence-corrected chi connectivity index (χ4v) is 2.99. The zero-order valence-corrected chi connectivity index (χ0v) is 18.1. The number of hydrogen-bond donors (Lipinski definition) is 2. The van der Waals surface area contributed by atoms with E-state index in [0.29, 0.717) is 19.6 Å². The Hall–Kier alpha value is -3.04. The number of primary amides is 1. The van der Waals surface area contributed by atoms with E-state index in [9.17, 15) is 19.7 Å². The largest absolute Gasteiger partial charge is 0.488 e. The molecule has 1 saturated heterocycles. The molecule has 1 aliphatic heterocycles. The Balaban J connectivity index is 2.17. The highest BCUT2D eigenvalue weighted by Crippen LogP contribution is 2.38. The number of amides is 2. The van der Waals surface area contributed by atoms with Crippen molar-refractivity contribution in [1.82, 2.24) is 4.90 Å². The molecular formula is C20H30N4O6. The number of ether oxygens (including phenoxy) is 2. The second kappa shape index (κ2) is 9.19. The maximum absolute atomic E-state index is 12.1. The van der Waals surface area contributed by atoms with E-state index in [1.807, 2.05) is 13.8 Å². The molecule has 2 amide bonds. The normalized spacial score (nSPS) is 15.2. The summed E-state index contributed by atoms with van der Waals surface area (Å²) in [6, 6.07) is 2.56. The van der Waals surface area contributed by atoms with Gasteiger partial charge in [-0.15, -0.1) is 0 Å². The summed E-state index contributed by atoms with van der Waals surface area (Å²) in [6.07, 6.45) is 0.00759. The molecule has 10 nitrogen and oxygen atoms in total. The van der Waals surface area contributed by atoms with Gasteiger partial charge in [0.15, 0.2) is 11.4 Å². The van der Waals surface area contributed by atoms with Gasteiger partial charge in [-0.25, -0.2) is 4.79 Å². The highest BCUT2D eigenvalue weighted by atomic mass is 16.6. The van der Waals surface area contributed by atoms with Crippen molar-refractivity contribution in [1.29, 1.82) is 0 Å². The Morgan fingerprint density at radius 2 is 2.00 bits per heavy atom. The van der Waals surface area contributed by atoms with Gasteiger partial charge in [-0.1, -0.05) is 6.92 Å². The summed E-state index contributed by atoms with van der Waals surface area (Å²) in [5, 5.41) is 14.5. The highest BCUT2D eigenvalue weighted by Gasteiger charge is 2.38. The molecule has 0 spiro atoms. The van der Waals surface area contributed by atoms with Gasteiger partial charge in [0.1, 0.15) is 11.7 Å². The maximum Gasteiger partial charge on any atom is 0.410 e. The highest BCUT2D eigenvalue weighted by molar-refractivity contribution is 5.95. The smallest absolute Gasteiger partial charge is 0.410 e. The van der Waals surface area contributed by atoms with E-state index in [1.165, 1.54) is 6.07 Å². The molecule has 1 aromatic rings. The van der Waals surface area contributed by atoms with Crippen molar-refractivity contribution in [2.75, 3.05) is 25.0 Å². The minimum Gasteiger partial charge on any atom is -0.488 e. The Bertz CT molecular complexity index is 814. The molecule has 1 aromatic carbocycles. The second-order valence-corrected chi connectivity index (χ2v) is 8.39. The van der Waals surface area contributed by atoms with Gasteiger partial charge in [-0.05, 0) is 40.2 Å². The molecule has 3 N–H and O–H groups in total. The van der Waals surface area contributed by atoms with Crippen LogP contribution in [0.2, 0.25) is 0 Å². The molecule has 30 heavy (non-hydrogen) atoms. The van der Waals surface area contributed by atoms with Gasteiger partial charge in [0.2, 0.25) is 5.91 Å². The van der Waals surface area contributed by atoms with Crippen LogP contribution in [0.25, 0.3) is 0 Å². The minimum atomic E-state index is -0.780. The predicted molar refractivity (Wildman–Crippen MR) is 112 cm³/mol. The van der Waals surface area contributed by atoms with E-state index >= 15 is 0 Å². The standard InChI is InChI=1S/C20H30N4O6/c1-6-7-22-17-15(24(27)28)8-13(18(21)25)9-16(17)29-12(2)14-10-23(11-14)19(26)30-20(3,4)5/h8-9,12,14,22H,6-7,10-11H2,1-5H3,(H2,21,25). The first-order chi connectivity index (χ1) is 13.9.